The zero-order valence-electron chi connectivity index (χ0n) is 147. The summed E-state index contributed by atoms with van der Waals surface area (Å²) in [4.78, 5) is 4.60. The van der Waals surface area contributed by atoms with Crippen molar-refractivity contribution in [3.05, 3.63) is 349 Å². The van der Waals surface area contributed by atoms with Crippen LogP contribution in [0.25, 0.3) is 177 Å². The van der Waals surface area contributed by atoms with E-state index in [1.165, 1.54) is 80.9 Å². The molecule has 716 valence electrons. The quantitative estimate of drug-likeness (QED) is 0.114. The van der Waals surface area contributed by atoms with E-state index in [1.54, 1.807) is 122 Å². The second kappa shape index (κ2) is 34.6. The van der Waals surface area contributed by atoms with Crippen LogP contribution in [-0.2, 0) is 49.9 Å². The first kappa shape index (κ1) is 44.5. The Kier molecular flexibility index (Phi) is 10.8. The van der Waals surface area contributed by atoms with Gasteiger partial charge in [-0.3, -0.25) is 0 Å². The lowest BCUT2D eigenvalue weighted by atomic mass is 9.68. The molecule has 20 aromatic rings. The fraction of sp³-hybridized carbons (Fsp3) is 0.316. The van der Waals surface area contributed by atoms with E-state index in [9.17, 15) is 5.48 Å². The maximum atomic E-state index is 9.76. The van der Waals surface area contributed by atoms with Crippen molar-refractivity contribution in [2.45, 2.75) is 237 Å². The fourth-order valence-electron chi connectivity index (χ4n) is 21.8. The second-order valence-corrected chi connectivity index (χ2v) is 37.4. The molecule has 4 aliphatic carbocycles. The molecule has 9 heterocycles. The predicted molar refractivity (Wildman–Crippen MR) is 591 cm³/mol. The molecule has 0 saturated heterocycles. The van der Waals surface area contributed by atoms with E-state index in [4.69, 9.17) is 105 Å². The third kappa shape index (κ3) is 14.8. The van der Waals surface area contributed by atoms with Crippen molar-refractivity contribution in [2.24, 2.45) is 40.0 Å². The standard InChI is InChI=1S/C38H44NO.2C32H32NO.C31H31N2O/c1-22(2)19-38(20-23(3)4)31-13-11-10-12-29(31)35-32(38)17-16-28-27-15-14-25(7)34(36(27)40-37(28)35)33-18-30(24(5)6)26(8)21-39(33)9;1-18(2)23-15-28(33(7)17-20(23)4)30-19(3)12-13-22-25-14-27-24(16-29(25)34-31(22)30)21-10-8-9-11-26(21)32(27,5)6;1-18(2)25-16-27(33(7)17-20(25)4)28-19(3)12-13-23-24-15-14-22-21-10-8-9-11-26(21)32(5,6)29(22)31(24)34-30(23)28;1-17(2)22-15-26(33(7)16-19(22)4)27-18(3)12-13-21-24-14-23-20-10-8-9-11-25(20)31(5,6)29(23)32-30(24)34-28(21)27/h10-18,21-24H,19-20H2,1-9H3;2*8-18H,1-7H3;8-17H,1-7H3/q4*+1/i1D3,2D3,3D3,4D3,5D3,6D3,8D3,19D2,22D,23D,24D;2*1D3,2D3,4D3,5D3,18D;1D3,2D3,4D3,5D3,6D3,17D. The topological polar surface area (TPSA) is 81.0 Å². The van der Waals surface area contributed by atoms with Crippen molar-refractivity contribution in [2.75, 3.05) is 0 Å². The maximum Gasteiger partial charge on any atom is 0.227 e. The van der Waals surface area contributed by atoms with Gasteiger partial charge in [-0.05, 0) is 239 Å². The number of nitrogens with zero attached hydrogens (tertiary/aromatic N) is 5. The summed E-state index contributed by atoms with van der Waals surface area (Å²) in [5.41, 5.74) is -2.94. The lowest BCUT2D eigenvalue weighted by Crippen LogP contribution is -2.32. The minimum absolute atomic E-state index is 0.0274. The van der Waals surface area contributed by atoms with Crippen LogP contribution in [0.2, 0.25) is 0 Å². The first-order valence-electron chi connectivity index (χ1n) is 79.5. The van der Waals surface area contributed by atoms with E-state index in [-0.39, 0.29) is 89.5 Å². The van der Waals surface area contributed by atoms with Crippen LogP contribution in [-0.4, -0.2) is 4.98 Å². The molecule has 9 heteroatoms. The summed E-state index contributed by atoms with van der Waals surface area (Å²) in [6.45, 7) is -56.1. The van der Waals surface area contributed by atoms with Crippen LogP contribution in [0.1, 0.15) is 364 Å². The van der Waals surface area contributed by atoms with Gasteiger partial charge >= 0.3 is 0 Å². The normalized spacial score (nSPS) is 25.6. The Morgan fingerprint density at radius 2 is 0.690 bits per heavy atom. The Labute approximate surface area is 934 Å². The predicted octanol–water partition coefficient (Wildman–Crippen LogP) is 33.9. The van der Waals surface area contributed by atoms with E-state index in [2.05, 4.69) is 4.98 Å². The number of fused-ring (bicyclic) bond motifs is 26. The molecule has 0 radical (unpaired) electrons. The minimum Gasteiger partial charge on any atom is -0.455 e. The summed E-state index contributed by atoms with van der Waals surface area (Å²) in [7, 11) is 5.97. The van der Waals surface area contributed by atoms with Crippen molar-refractivity contribution >= 4 is 87.9 Å². The molecule has 0 saturated carbocycles. The number of furan rings is 4. The van der Waals surface area contributed by atoms with Gasteiger partial charge in [0.1, 0.15) is 61.7 Å². The van der Waals surface area contributed by atoms with Crippen molar-refractivity contribution in [3.8, 4) is 89.5 Å². The first-order valence-corrected chi connectivity index (χ1v) is 45.5. The SMILES string of the molecule is [2H]C([2H])([2H])c1c[n+](C)c(-c2c(C)ccc3c2oc2c4c(ccc23)-c2ccccc2C4(C)C([2H])([2H])[2H])cc1C([2H])(C([2H])([2H])[2H])C([2H])([2H])[2H].[2H]C([2H])([2H])c1c[n+](C)c(-c2c(C)ccc3c2oc2c4c(ccc23)C(CC([2H])(C([2H])([2H])[2H])C([2H])([2H])[2H])(C([2H])([2H])C([2H])(C([2H])([2H])[2H])C([2H])([2H])[2H])c2ccccc2-4)cc1C([2H])(C([2H])([2H])[2H])C([2H])([2H])[2H].[2H]C([2H])([2H])c1c[n+](C)c(-c2c(C)ccc3c2oc2cc4c(cc23)C(C)(C([2H])([2H])[2H])c2ccccc2-4)cc1C([2H])(C([2H])([2H])[2H])C([2H])([2H])[2H].[2H]C([2H])([2H])c1c[n+](C)c(-c2c(C)ccc3c2oc2nc4c(cc23)-c2ccccc2C4(C([2H])([2H])[2H])C([2H])([2H])[2H])cc1C([2H])(C([2H])([2H])[2H])C([2H])([2H])[2H]. The van der Waals surface area contributed by atoms with Crippen molar-refractivity contribution < 1.29 is 129 Å². The fourth-order valence-corrected chi connectivity index (χ4v) is 21.8. The molecule has 0 N–H and O–H groups in total. The summed E-state index contributed by atoms with van der Waals surface area (Å²) in [5.74, 6) is -21.2. The molecule has 3 unspecified atom stereocenters. The van der Waals surface area contributed by atoms with Crippen molar-refractivity contribution in [1.82, 2.24) is 4.98 Å². The van der Waals surface area contributed by atoms with E-state index in [0.717, 1.165) is 65.2 Å². The molecule has 0 amide bonds. The average Bonchev–Trinajstić information content (AvgIpc) is 1.48. The summed E-state index contributed by atoms with van der Waals surface area (Å²) < 4.78 is 601. The molecule has 11 aromatic carbocycles. The van der Waals surface area contributed by atoms with Gasteiger partial charge in [0, 0.05) is 221 Å². The number of aryl methyl sites for hydroxylation is 12. The smallest absolute Gasteiger partial charge is 0.227 e. The molecule has 142 heavy (non-hydrogen) atoms. The Morgan fingerprint density at radius 1 is 0.310 bits per heavy atom. The molecule has 0 bridgehead atoms. The van der Waals surface area contributed by atoms with Crippen LogP contribution in [0, 0.1) is 66.9 Å². The summed E-state index contributed by atoms with van der Waals surface area (Å²) in [5, 5.41) is 3.90. The molecular weight excluding hydrogens is 1730 g/mol. The minimum atomic E-state index is -4.14. The molecule has 0 aliphatic heterocycles. The van der Waals surface area contributed by atoms with Gasteiger partial charge in [-0.25, -0.2) is 23.3 Å². The lowest BCUT2D eigenvalue weighted by molar-refractivity contribution is -0.660. The molecule has 24 rings (SSSR count). The van der Waals surface area contributed by atoms with E-state index in [1.807, 2.05) is 78.9 Å². The van der Waals surface area contributed by atoms with E-state index in [0.29, 0.717) is 127 Å². The van der Waals surface area contributed by atoms with E-state index < -0.39 is 257 Å². The van der Waals surface area contributed by atoms with E-state index >= 15 is 0 Å². The van der Waals surface area contributed by atoms with Crippen LogP contribution in [0.15, 0.2) is 255 Å². The molecular formula is C133H139N5O4+4. The number of hydrogen-bond donors (Lipinski definition) is 0. The van der Waals surface area contributed by atoms with Crippen LogP contribution in [0.3, 0.4) is 0 Å². The largest absolute Gasteiger partial charge is 0.455 e. The summed E-state index contributed by atoms with van der Waals surface area (Å²) in [6.07, 6.45) is -1.19. The van der Waals surface area contributed by atoms with Crippen molar-refractivity contribution in [1.29, 1.82) is 0 Å². The highest BCUT2D eigenvalue weighted by atomic mass is 16.3. The van der Waals surface area contributed by atoms with Gasteiger partial charge in [0.25, 0.3) is 0 Å². The monoisotopic (exact) mass is 1940 g/mol. The number of aromatic nitrogens is 5. The number of hydrogen-bond acceptors (Lipinski definition) is 5. The van der Waals surface area contributed by atoms with Gasteiger partial charge in [0.15, 0.2) is 30.4 Å². The zero-order valence-corrected chi connectivity index (χ0v) is 78.6. The third-order valence-electron chi connectivity index (χ3n) is 28.5. The molecule has 9 nitrogen and oxygen atoms in total. The van der Waals surface area contributed by atoms with Crippen LogP contribution in [0.5, 0.6) is 0 Å². The van der Waals surface area contributed by atoms with Gasteiger partial charge in [-0.2, -0.15) is 0 Å². The highest BCUT2D eigenvalue weighted by Gasteiger charge is 2.47. The highest BCUT2D eigenvalue weighted by molar-refractivity contribution is 6.17. The number of benzene rings is 11. The summed E-state index contributed by atoms with van der Waals surface area (Å²) in [6, 6.07) is 56.3. The molecule has 0 fully saturated rings. The Balaban J connectivity index is 0.000000154. The second-order valence-electron chi connectivity index (χ2n) is 37.4. The van der Waals surface area contributed by atoms with Gasteiger partial charge in [-0.1, -0.05) is 287 Å². The van der Waals surface area contributed by atoms with Crippen LogP contribution < -0.4 is 18.3 Å². The Morgan fingerprint density at radius 3 is 1.15 bits per heavy atom. The maximum absolute atomic E-state index is 9.76. The Hall–Kier alpha value is -13.6. The lowest BCUT2D eigenvalue weighted by Gasteiger charge is -2.35. The van der Waals surface area contributed by atoms with Crippen molar-refractivity contribution in [3.63, 3.8) is 0 Å². The van der Waals surface area contributed by atoms with Gasteiger partial charge in [0.2, 0.25) is 28.5 Å². The molecule has 4 aliphatic rings. The van der Waals surface area contributed by atoms with Gasteiger partial charge in [0.05, 0.1) is 27.9 Å². The van der Waals surface area contributed by atoms with Gasteiger partial charge in [-0.15, -0.1) is 0 Å². The molecule has 9 aromatic heterocycles. The summed E-state index contributed by atoms with van der Waals surface area (Å²) >= 11 is 0. The van der Waals surface area contributed by atoms with Gasteiger partial charge < -0.3 is 17.7 Å². The zero-order chi connectivity index (χ0) is 158. The highest BCUT2D eigenvalue weighted by Crippen LogP contribution is 2.60. The average molecular weight is 1940 g/mol. The molecule has 3 atom stereocenters. The number of pyridine rings is 5. The van der Waals surface area contributed by atoms with Crippen LogP contribution >= 0.6 is 0 Å². The molecule has 0 spiro atoms. The Bertz CT molecular complexity index is 11600. The third-order valence-corrected chi connectivity index (χ3v) is 28.5. The number of rotatable bonds is 12. The van der Waals surface area contributed by atoms with Crippen LogP contribution in [0.4, 0.5) is 0 Å². The first-order chi connectivity index (χ1) is 95.0.